The van der Waals surface area contributed by atoms with Crippen LogP contribution in [0.3, 0.4) is 0 Å². The first-order valence-electron chi connectivity index (χ1n) is 6.09. The van der Waals surface area contributed by atoms with Crippen LogP contribution in [0.25, 0.3) is 0 Å². The lowest BCUT2D eigenvalue weighted by Crippen LogP contribution is -2.33. The maximum Gasteiger partial charge on any atom is 0.298 e. The molecular formula is C11H15N5O4. The Balaban J connectivity index is 2.44. The Morgan fingerprint density at radius 2 is 2.40 bits per heavy atom. The fourth-order valence-electron chi connectivity index (χ4n) is 2.31. The lowest BCUT2D eigenvalue weighted by Gasteiger charge is -2.24. The summed E-state index contributed by atoms with van der Waals surface area (Å²) in [5, 5.41) is 31.7. The molecule has 0 radical (unpaired) electrons. The molecule has 1 saturated heterocycles. The van der Waals surface area contributed by atoms with Gasteiger partial charge in [0.1, 0.15) is 5.82 Å². The minimum atomic E-state index is -0.641. The van der Waals surface area contributed by atoms with Crippen molar-refractivity contribution in [3.63, 3.8) is 0 Å². The van der Waals surface area contributed by atoms with Crippen LogP contribution in [0.1, 0.15) is 18.5 Å². The minimum Gasteiger partial charge on any atom is -0.409 e. The second-order valence-corrected chi connectivity index (χ2v) is 4.45. The van der Waals surface area contributed by atoms with Gasteiger partial charge in [0, 0.05) is 12.6 Å². The predicted molar refractivity (Wildman–Crippen MR) is 70.9 cm³/mol. The molecule has 1 aliphatic heterocycles. The summed E-state index contributed by atoms with van der Waals surface area (Å²) in [6.45, 7) is 0.684. The van der Waals surface area contributed by atoms with Crippen LogP contribution in [0, 0.1) is 10.1 Å². The van der Waals surface area contributed by atoms with Gasteiger partial charge in [-0.1, -0.05) is 5.16 Å². The molecule has 0 bridgehead atoms. The van der Waals surface area contributed by atoms with E-state index in [1.54, 1.807) is 0 Å². The quantitative estimate of drug-likeness (QED) is 0.233. The number of rotatable bonds is 4. The summed E-state index contributed by atoms with van der Waals surface area (Å²) in [7, 11) is 0. The predicted octanol–water partition coefficient (Wildman–Crippen LogP) is 0.0454. The molecule has 4 N–H and O–H groups in total. The molecule has 1 unspecified atom stereocenters. The van der Waals surface area contributed by atoms with Gasteiger partial charge < -0.3 is 20.9 Å². The summed E-state index contributed by atoms with van der Waals surface area (Å²) in [5.74, 6) is 0.0482. The third-order valence-electron chi connectivity index (χ3n) is 3.29. The summed E-state index contributed by atoms with van der Waals surface area (Å²) in [4.78, 5) is 16.2. The number of hydrogen-bond acceptors (Lipinski definition) is 7. The van der Waals surface area contributed by atoms with Crippen molar-refractivity contribution in [2.24, 2.45) is 10.9 Å². The number of anilines is 1. The van der Waals surface area contributed by atoms with Crippen molar-refractivity contribution >= 4 is 17.3 Å². The van der Waals surface area contributed by atoms with Gasteiger partial charge in [0.05, 0.1) is 17.6 Å². The molecular weight excluding hydrogens is 266 g/mol. The number of nitro groups is 1. The highest BCUT2D eigenvalue weighted by Crippen LogP contribution is 2.27. The molecule has 2 heterocycles. The Labute approximate surface area is 114 Å². The number of aliphatic hydroxyl groups excluding tert-OH is 1. The molecule has 1 fully saturated rings. The van der Waals surface area contributed by atoms with Crippen molar-refractivity contribution in [2.75, 3.05) is 18.1 Å². The van der Waals surface area contributed by atoms with Crippen LogP contribution in [0.5, 0.6) is 0 Å². The molecule has 9 nitrogen and oxygen atoms in total. The number of amidine groups is 1. The number of aromatic nitrogens is 1. The molecule has 2 rings (SSSR count). The van der Waals surface area contributed by atoms with Gasteiger partial charge in [-0.3, -0.25) is 10.1 Å². The average Bonchev–Trinajstić information content (AvgIpc) is 2.94. The van der Waals surface area contributed by atoms with Gasteiger partial charge in [-0.2, -0.15) is 0 Å². The van der Waals surface area contributed by atoms with Crippen LogP contribution in [0.2, 0.25) is 0 Å². The molecule has 9 heteroatoms. The fourth-order valence-corrected chi connectivity index (χ4v) is 2.31. The summed E-state index contributed by atoms with van der Waals surface area (Å²) in [5.41, 5.74) is 4.92. The van der Waals surface area contributed by atoms with Gasteiger partial charge in [-0.15, -0.1) is 0 Å². The smallest absolute Gasteiger partial charge is 0.298 e. The SMILES string of the molecule is N/C(=N/O)c1nc(N2CCCC2CO)ccc1[N+](=O)[O-]. The number of pyridine rings is 1. The first kappa shape index (κ1) is 14.0. The van der Waals surface area contributed by atoms with E-state index in [4.69, 9.17) is 10.9 Å². The minimum absolute atomic E-state index is 0.0163. The fraction of sp³-hybridized carbons (Fsp3) is 0.455. The van der Waals surface area contributed by atoms with E-state index in [1.165, 1.54) is 12.1 Å². The molecule has 1 atom stereocenters. The van der Waals surface area contributed by atoms with Crippen molar-refractivity contribution in [2.45, 2.75) is 18.9 Å². The summed E-state index contributed by atoms with van der Waals surface area (Å²) >= 11 is 0. The maximum absolute atomic E-state index is 10.9. The topological polar surface area (TPSA) is 138 Å². The molecule has 108 valence electrons. The molecule has 1 aromatic heterocycles. The van der Waals surface area contributed by atoms with Crippen molar-refractivity contribution in [1.82, 2.24) is 4.98 Å². The van der Waals surface area contributed by atoms with Gasteiger partial charge in [-0.25, -0.2) is 4.98 Å². The Bertz CT molecular complexity index is 548. The van der Waals surface area contributed by atoms with E-state index in [1.807, 2.05) is 4.90 Å². The Kier molecular flexibility index (Phi) is 3.99. The molecule has 0 aliphatic carbocycles. The van der Waals surface area contributed by atoms with Crippen LogP contribution in [0.15, 0.2) is 17.3 Å². The standard InChI is InChI=1S/C11H15N5O4/c12-11(14-18)10-8(16(19)20)3-4-9(13-10)15-5-1-2-7(15)6-17/h3-4,7,17-18H,1-2,5-6H2,(H2,12,14). The highest BCUT2D eigenvalue weighted by atomic mass is 16.6. The summed E-state index contributed by atoms with van der Waals surface area (Å²) < 4.78 is 0. The second-order valence-electron chi connectivity index (χ2n) is 4.45. The van der Waals surface area contributed by atoms with E-state index in [-0.39, 0.29) is 24.0 Å². The van der Waals surface area contributed by atoms with Crippen molar-refractivity contribution in [3.05, 3.63) is 27.9 Å². The van der Waals surface area contributed by atoms with E-state index >= 15 is 0 Å². The molecule has 1 aliphatic rings. The highest BCUT2D eigenvalue weighted by Gasteiger charge is 2.27. The van der Waals surface area contributed by atoms with Gasteiger partial charge in [0.15, 0.2) is 11.5 Å². The molecule has 20 heavy (non-hydrogen) atoms. The third kappa shape index (κ3) is 2.48. The average molecular weight is 281 g/mol. The number of nitrogens with two attached hydrogens (primary N) is 1. The van der Waals surface area contributed by atoms with E-state index < -0.39 is 10.8 Å². The zero-order valence-electron chi connectivity index (χ0n) is 10.6. The largest absolute Gasteiger partial charge is 0.409 e. The van der Waals surface area contributed by atoms with Crippen molar-refractivity contribution in [1.29, 1.82) is 0 Å². The van der Waals surface area contributed by atoms with Crippen LogP contribution >= 0.6 is 0 Å². The molecule has 1 aromatic rings. The maximum atomic E-state index is 10.9. The van der Waals surface area contributed by atoms with Crippen molar-refractivity contribution < 1.29 is 15.2 Å². The van der Waals surface area contributed by atoms with Crippen LogP contribution < -0.4 is 10.6 Å². The van der Waals surface area contributed by atoms with E-state index in [0.29, 0.717) is 12.4 Å². The Morgan fingerprint density at radius 3 is 3.00 bits per heavy atom. The van der Waals surface area contributed by atoms with Gasteiger partial charge in [0.2, 0.25) is 0 Å². The highest BCUT2D eigenvalue weighted by molar-refractivity contribution is 5.99. The summed E-state index contributed by atoms with van der Waals surface area (Å²) in [6.07, 6.45) is 1.73. The number of nitrogens with zero attached hydrogens (tertiary/aromatic N) is 4. The Hall–Kier alpha value is -2.42. The van der Waals surface area contributed by atoms with E-state index in [9.17, 15) is 15.2 Å². The van der Waals surface area contributed by atoms with Crippen LogP contribution in [-0.4, -0.2) is 45.3 Å². The number of oxime groups is 1. The van der Waals surface area contributed by atoms with E-state index in [0.717, 1.165) is 12.8 Å². The summed E-state index contributed by atoms with van der Waals surface area (Å²) in [6, 6.07) is 2.70. The number of hydrogen-bond donors (Lipinski definition) is 3. The molecule has 0 aromatic carbocycles. The van der Waals surface area contributed by atoms with Gasteiger partial charge >= 0.3 is 0 Å². The molecule has 0 saturated carbocycles. The van der Waals surface area contributed by atoms with E-state index in [2.05, 4.69) is 10.1 Å². The number of aliphatic hydroxyl groups is 1. The van der Waals surface area contributed by atoms with Crippen molar-refractivity contribution in [3.8, 4) is 0 Å². The third-order valence-corrected chi connectivity index (χ3v) is 3.29. The van der Waals surface area contributed by atoms with Gasteiger partial charge in [0.25, 0.3) is 5.69 Å². The second kappa shape index (κ2) is 5.70. The molecule has 0 amide bonds. The lowest BCUT2D eigenvalue weighted by molar-refractivity contribution is -0.385. The zero-order valence-corrected chi connectivity index (χ0v) is 10.6. The normalized spacial score (nSPS) is 19.4. The zero-order chi connectivity index (χ0) is 14.7. The van der Waals surface area contributed by atoms with Gasteiger partial charge in [-0.05, 0) is 18.9 Å². The lowest BCUT2D eigenvalue weighted by atomic mass is 10.2. The van der Waals surface area contributed by atoms with Crippen LogP contribution in [-0.2, 0) is 0 Å². The monoisotopic (exact) mass is 281 g/mol. The first-order chi connectivity index (χ1) is 9.58. The van der Waals surface area contributed by atoms with Crippen LogP contribution in [0.4, 0.5) is 11.5 Å². The molecule has 0 spiro atoms. The first-order valence-corrected chi connectivity index (χ1v) is 6.09. The Morgan fingerprint density at radius 1 is 1.65 bits per heavy atom.